The molecule has 0 N–H and O–H groups in total. The van der Waals surface area contributed by atoms with Crippen molar-refractivity contribution in [3.8, 4) is 5.69 Å². The van der Waals surface area contributed by atoms with Crippen LogP contribution in [0, 0.1) is 5.82 Å². The number of hydrogen-bond acceptors (Lipinski definition) is 4. The Morgan fingerprint density at radius 3 is 2.65 bits per heavy atom. The first-order chi connectivity index (χ1) is 12.5. The molecule has 0 radical (unpaired) electrons. The van der Waals surface area contributed by atoms with Crippen molar-refractivity contribution in [1.29, 1.82) is 0 Å². The minimum atomic E-state index is -0.280. The molecule has 1 fully saturated rings. The van der Waals surface area contributed by atoms with E-state index in [-0.39, 0.29) is 11.7 Å². The second-order valence-corrected chi connectivity index (χ2v) is 6.94. The molecule has 1 aromatic heterocycles. The van der Waals surface area contributed by atoms with Gasteiger partial charge in [-0.3, -0.25) is 14.6 Å². The summed E-state index contributed by atoms with van der Waals surface area (Å²) in [5.74, 6) is -0.136. The van der Waals surface area contributed by atoms with E-state index in [1.165, 1.54) is 6.07 Å². The Balaban J connectivity index is 1.57. The summed E-state index contributed by atoms with van der Waals surface area (Å²) >= 11 is 0. The van der Waals surface area contributed by atoms with E-state index < -0.39 is 0 Å². The maximum Gasteiger partial charge on any atom is 0.236 e. The van der Waals surface area contributed by atoms with Crippen molar-refractivity contribution in [1.82, 2.24) is 24.5 Å². The third-order valence-electron chi connectivity index (χ3n) is 4.68. The van der Waals surface area contributed by atoms with E-state index in [0.717, 1.165) is 44.7 Å². The Hall–Kier alpha value is -2.25. The third kappa shape index (κ3) is 4.68. The molecule has 1 amide bonds. The predicted molar refractivity (Wildman–Crippen MR) is 98.6 cm³/mol. The number of halogens is 1. The summed E-state index contributed by atoms with van der Waals surface area (Å²) in [6, 6.07) is 6.64. The molecule has 0 bridgehead atoms. The molecule has 1 aliphatic rings. The fourth-order valence-electron chi connectivity index (χ4n) is 3.14. The molecule has 6 nitrogen and oxygen atoms in total. The van der Waals surface area contributed by atoms with Crippen LogP contribution in [0.4, 0.5) is 4.39 Å². The summed E-state index contributed by atoms with van der Waals surface area (Å²) in [7, 11) is 3.58. The molecule has 2 aromatic rings. The monoisotopic (exact) mass is 359 g/mol. The molecule has 7 heteroatoms. The van der Waals surface area contributed by atoms with Gasteiger partial charge in [-0.05, 0) is 31.6 Å². The molecule has 1 aromatic carbocycles. The Morgan fingerprint density at radius 1 is 1.15 bits per heavy atom. The Kier molecular flexibility index (Phi) is 6.00. The lowest BCUT2D eigenvalue weighted by Crippen LogP contribution is -2.38. The molecule has 140 valence electrons. The highest BCUT2D eigenvalue weighted by atomic mass is 19.1. The number of benzene rings is 1. The van der Waals surface area contributed by atoms with Crippen molar-refractivity contribution in [2.45, 2.75) is 13.0 Å². The maximum absolute atomic E-state index is 13.9. The number of rotatable bonds is 5. The zero-order valence-electron chi connectivity index (χ0n) is 15.4. The summed E-state index contributed by atoms with van der Waals surface area (Å²) in [6.45, 7) is 4.96. The lowest BCUT2D eigenvalue weighted by Gasteiger charge is -2.22. The van der Waals surface area contributed by atoms with Crippen molar-refractivity contribution in [3.05, 3.63) is 48.0 Å². The number of likely N-dealkylation sites (N-methyl/N-ethyl adjacent to an activating group) is 1. The summed E-state index contributed by atoms with van der Waals surface area (Å²) in [5, 5.41) is 4.30. The molecular weight excluding hydrogens is 333 g/mol. The predicted octanol–water partition coefficient (Wildman–Crippen LogP) is 1.61. The molecule has 26 heavy (non-hydrogen) atoms. The molecule has 3 rings (SSSR count). The number of amides is 1. The number of hydrogen-bond donors (Lipinski definition) is 0. The average molecular weight is 359 g/mol. The van der Waals surface area contributed by atoms with Crippen molar-refractivity contribution in [2.24, 2.45) is 0 Å². The van der Waals surface area contributed by atoms with Gasteiger partial charge in [0.25, 0.3) is 0 Å². The van der Waals surface area contributed by atoms with Gasteiger partial charge in [0.2, 0.25) is 5.91 Å². The SMILES string of the molecule is CN(C)C(=O)CN1CCCN(Cc2cnn(-c3ccccc3F)c2)CC1. The zero-order chi connectivity index (χ0) is 18.5. The molecular formula is C19H26FN5O. The number of carbonyl (C=O) groups excluding carboxylic acids is 1. The Labute approximate surface area is 153 Å². The van der Waals surface area contributed by atoms with Crippen molar-refractivity contribution >= 4 is 5.91 Å². The largest absolute Gasteiger partial charge is 0.348 e. The first-order valence-electron chi connectivity index (χ1n) is 8.96. The normalized spacial score (nSPS) is 16.4. The Bertz CT molecular complexity index is 745. The van der Waals surface area contributed by atoms with Gasteiger partial charge in [0.15, 0.2) is 0 Å². The van der Waals surface area contributed by atoms with E-state index in [1.54, 1.807) is 48.1 Å². The number of carbonyl (C=O) groups is 1. The van der Waals surface area contributed by atoms with Gasteiger partial charge in [-0.2, -0.15) is 5.10 Å². The van der Waals surface area contributed by atoms with E-state index >= 15 is 0 Å². The lowest BCUT2D eigenvalue weighted by molar-refractivity contribution is -0.129. The zero-order valence-corrected chi connectivity index (χ0v) is 15.4. The second kappa shape index (κ2) is 8.42. The molecule has 0 spiro atoms. The van der Waals surface area contributed by atoms with Gasteiger partial charge in [-0.15, -0.1) is 0 Å². The lowest BCUT2D eigenvalue weighted by atomic mass is 10.3. The van der Waals surface area contributed by atoms with Gasteiger partial charge < -0.3 is 4.90 Å². The maximum atomic E-state index is 13.9. The van der Waals surface area contributed by atoms with Gasteiger partial charge in [-0.1, -0.05) is 12.1 Å². The van der Waals surface area contributed by atoms with Gasteiger partial charge in [0.1, 0.15) is 11.5 Å². The molecule has 0 aliphatic carbocycles. The standard InChI is InChI=1S/C19H26FN5O/c1-22(2)19(26)15-24-9-5-8-23(10-11-24)13-16-12-21-25(14-16)18-7-4-3-6-17(18)20/h3-4,6-7,12,14H,5,8-11,13,15H2,1-2H3. The van der Waals surface area contributed by atoms with E-state index in [1.807, 2.05) is 6.20 Å². The highest BCUT2D eigenvalue weighted by Crippen LogP contribution is 2.14. The number of para-hydroxylation sites is 1. The van der Waals surface area contributed by atoms with Crippen LogP contribution in [0.25, 0.3) is 5.69 Å². The first-order valence-corrected chi connectivity index (χ1v) is 8.96. The summed E-state index contributed by atoms with van der Waals surface area (Å²) in [5.41, 5.74) is 1.52. The quantitative estimate of drug-likeness (QED) is 0.814. The summed E-state index contributed by atoms with van der Waals surface area (Å²) in [6.07, 6.45) is 4.71. The Morgan fingerprint density at radius 2 is 1.88 bits per heavy atom. The van der Waals surface area contributed by atoms with E-state index in [2.05, 4.69) is 14.9 Å². The van der Waals surface area contributed by atoms with E-state index in [9.17, 15) is 9.18 Å². The van der Waals surface area contributed by atoms with Crippen molar-refractivity contribution in [2.75, 3.05) is 46.8 Å². The number of nitrogens with zero attached hydrogens (tertiary/aromatic N) is 5. The molecule has 1 saturated heterocycles. The van der Waals surface area contributed by atoms with Gasteiger partial charge in [0.05, 0.1) is 12.7 Å². The van der Waals surface area contributed by atoms with Crippen LogP contribution in [0.15, 0.2) is 36.7 Å². The van der Waals surface area contributed by atoms with Crippen LogP contribution in [0.3, 0.4) is 0 Å². The minimum Gasteiger partial charge on any atom is -0.348 e. The van der Waals surface area contributed by atoms with Crippen LogP contribution < -0.4 is 0 Å². The van der Waals surface area contributed by atoms with E-state index in [4.69, 9.17) is 0 Å². The molecule has 2 heterocycles. The van der Waals surface area contributed by atoms with Gasteiger partial charge in [0, 0.05) is 45.5 Å². The average Bonchev–Trinajstić information content (AvgIpc) is 2.96. The molecule has 0 saturated carbocycles. The summed E-state index contributed by atoms with van der Waals surface area (Å²) < 4.78 is 15.5. The van der Waals surface area contributed by atoms with Crippen LogP contribution in [-0.2, 0) is 11.3 Å². The van der Waals surface area contributed by atoms with E-state index in [0.29, 0.717) is 12.2 Å². The first kappa shape index (κ1) is 18.5. The fourth-order valence-corrected chi connectivity index (χ4v) is 3.14. The number of aromatic nitrogens is 2. The minimum absolute atomic E-state index is 0.143. The van der Waals surface area contributed by atoms with Crippen LogP contribution in [0.1, 0.15) is 12.0 Å². The molecule has 0 unspecified atom stereocenters. The topological polar surface area (TPSA) is 44.6 Å². The highest BCUT2D eigenvalue weighted by Gasteiger charge is 2.18. The van der Waals surface area contributed by atoms with Crippen molar-refractivity contribution < 1.29 is 9.18 Å². The highest BCUT2D eigenvalue weighted by molar-refractivity contribution is 5.77. The molecule has 0 atom stereocenters. The smallest absolute Gasteiger partial charge is 0.236 e. The van der Waals surface area contributed by atoms with Crippen LogP contribution in [0.5, 0.6) is 0 Å². The second-order valence-electron chi connectivity index (χ2n) is 6.94. The summed E-state index contributed by atoms with van der Waals surface area (Å²) in [4.78, 5) is 18.1. The van der Waals surface area contributed by atoms with Crippen LogP contribution in [0.2, 0.25) is 0 Å². The van der Waals surface area contributed by atoms with Crippen LogP contribution >= 0.6 is 0 Å². The van der Waals surface area contributed by atoms with Crippen LogP contribution in [-0.4, -0.2) is 77.2 Å². The van der Waals surface area contributed by atoms with Gasteiger partial charge in [-0.25, -0.2) is 9.07 Å². The third-order valence-corrected chi connectivity index (χ3v) is 4.68. The molecule has 1 aliphatic heterocycles. The van der Waals surface area contributed by atoms with Crippen molar-refractivity contribution in [3.63, 3.8) is 0 Å². The fraction of sp³-hybridized carbons (Fsp3) is 0.474. The van der Waals surface area contributed by atoms with Gasteiger partial charge >= 0.3 is 0 Å².